The van der Waals surface area contributed by atoms with Crippen molar-refractivity contribution in [2.45, 2.75) is 13.0 Å². The minimum absolute atomic E-state index is 0.0452. The highest BCUT2D eigenvalue weighted by molar-refractivity contribution is 7.17. The van der Waals surface area contributed by atoms with Gasteiger partial charge in [0.15, 0.2) is 10.6 Å². The molecule has 0 spiro atoms. The number of ether oxygens (including phenoxy) is 1. The number of nitrogens with zero attached hydrogens (tertiary/aromatic N) is 3. The van der Waals surface area contributed by atoms with Crippen molar-refractivity contribution in [2.24, 2.45) is 0 Å². The van der Waals surface area contributed by atoms with Gasteiger partial charge in [-0.15, -0.1) is 0 Å². The number of para-hydroxylation sites is 1. The van der Waals surface area contributed by atoms with Crippen molar-refractivity contribution in [2.75, 3.05) is 11.5 Å². The minimum Gasteiger partial charge on any atom is -0.457 e. The number of amides is 1. The lowest BCUT2D eigenvalue weighted by molar-refractivity contribution is 0.0554. The normalized spacial score (nSPS) is 15.0. The Hall–Kier alpha value is -4.11. The maximum absolute atomic E-state index is 13.5. The molecule has 0 saturated carbocycles. The van der Waals surface area contributed by atoms with Crippen LogP contribution in [0.3, 0.4) is 0 Å². The van der Waals surface area contributed by atoms with Crippen LogP contribution in [0.5, 0.6) is 0 Å². The molecule has 4 heterocycles. The number of aryl methyl sites for hydroxylation is 1. The van der Waals surface area contributed by atoms with E-state index in [-0.39, 0.29) is 33.4 Å². The van der Waals surface area contributed by atoms with Crippen molar-refractivity contribution in [3.05, 3.63) is 99.1 Å². The topological polar surface area (TPSA) is 103 Å². The number of hydrogen-bond acceptors (Lipinski definition) is 8. The first-order valence-electron chi connectivity index (χ1n) is 10.1. The maximum Gasteiger partial charge on any atom is 0.350 e. The smallest absolute Gasteiger partial charge is 0.350 e. The van der Waals surface area contributed by atoms with Crippen LogP contribution < -0.4 is 10.3 Å². The van der Waals surface area contributed by atoms with Gasteiger partial charge in [0, 0.05) is 12.4 Å². The van der Waals surface area contributed by atoms with E-state index in [1.165, 1.54) is 11.0 Å². The third kappa shape index (κ3) is 3.33. The van der Waals surface area contributed by atoms with E-state index in [4.69, 9.17) is 9.15 Å². The van der Waals surface area contributed by atoms with Gasteiger partial charge in [0.2, 0.25) is 5.76 Å². The molecule has 1 atom stereocenters. The summed E-state index contributed by atoms with van der Waals surface area (Å²) in [6.45, 7) is 5.26. The average Bonchev–Trinajstić information content (AvgIpc) is 3.35. The van der Waals surface area contributed by atoms with Crippen molar-refractivity contribution >= 4 is 39.3 Å². The Labute approximate surface area is 191 Å². The highest BCUT2D eigenvalue weighted by Crippen LogP contribution is 2.42. The van der Waals surface area contributed by atoms with E-state index in [2.05, 4.69) is 16.5 Å². The molecule has 0 bridgehead atoms. The Balaban J connectivity index is 1.70. The third-order valence-electron chi connectivity index (χ3n) is 5.29. The fourth-order valence-corrected chi connectivity index (χ4v) is 4.83. The monoisotopic (exact) mass is 459 g/mol. The molecule has 8 nitrogen and oxygen atoms in total. The van der Waals surface area contributed by atoms with E-state index in [9.17, 15) is 14.4 Å². The van der Waals surface area contributed by atoms with Crippen molar-refractivity contribution in [3.8, 4) is 0 Å². The van der Waals surface area contributed by atoms with Gasteiger partial charge in [-0.05, 0) is 30.7 Å². The van der Waals surface area contributed by atoms with Crippen molar-refractivity contribution in [3.63, 3.8) is 0 Å². The van der Waals surface area contributed by atoms with Crippen LogP contribution >= 0.6 is 11.3 Å². The Bertz CT molecular complexity index is 1470. The van der Waals surface area contributed by atoms with Gasteiger partial charge in [0.1, 0.15) is 17.1 Å². The molecule has 1 aliphatic rings. The van der Waals surface area contributed by atoms with E-state index >= 15 is 0 Å². The summed E-state index contributed by atoms with van der Waals surface area (Å²) in [5.74, 6) is -1.11. The fraction of sp³-hybridized carbons (Fsp3) is 0.125. The van der Waals surface area contributed by atoms with Gasteiger partial charge in [0.25, 0.3) is 5.91 Å². The molecule has 33 heavy (non-hydrogen) atoms. The zero-order valence-corrected chi connectivity index (χ0v) is 18.3. The van der Waals surface area contributed by atoms with Gasteiger partial charge in [-0.25, -0.2) is 9.78 Å². The number of carbonyl (C=O) groups excluding carboxylic acids is 2. The number of fused-ring (bicyclic) bond motifs is 2. The van der Waals surface area contributed by atoms with Gasteiger partial charge >= 0.3 is 5.97 Å². The largest absolute Gasteiger partial charge is 0.457 e. The maximum atomic E-state index is 13.5. The predicted molar refractivity (Wildman–Crippen MR) is 123 cm³/mol. The van der Waals surface area contributed by atoms with Crippen LogP contribution in [0.1, 0.15) is 43.1 Å². The lowest BCUT2D eigenvalue weighted by Crippen LogP contribution is -2.29. The van der Waals surface area contributed by atoms with E-state index in [0.29, 0.717) is 22.2 Å². The average molecular weight is 459 g/mol. The first-order valence-corrected chi connectivity index (χ1v) is 10.9. The first-order chi connectivity index (χ1) is 16.0. The molecule has 0 N–H and O–H groups in total. The second kappa shape index (κ2) is 8.10. The molecule has 1 aromatic carbocycles. The first kappa shape index (κ1) is 20.8. The van der Waals surface area contributed by atoms with Crippen LogP contribution in [0, 0.1) is 6.92 Å². The van der Waals surface area contributed by atoms with Gasteiger partial charge in [-0.3, -0.25) is 19.5 Å². The number of anilines is 1. The molecule has 1 amide bonds. The van der Waals surface area contributed by atoms with Crippen molar-refractivity contribution < 1.29 is 18.7 Å². The molecule has 164 valence electrons. The minimum atomic E-state index is -0.801. The van der Waals surface area contributed by atoms with Gasteiger partial charge in [0.05, 0.1) is 22.7 Å². The van der Waals surface area contributed by atoms with E-state index < -0.39 is 17.9 Å². The van der Waals surface area contributed by atoms with Crippen LogP contribution in [0.2, 0.25) is 0 Å². The lowest BCUT2D eigenvalue weighted by atomic mass is 10.0. The highest BCUT2D eigenvalue weighted by atomic mass is 32.1. The van der Waals surface area contributed by atoms with Crippen LogP contribution in [-0.4, -0.2) is 28.5 Å². The van der Waals surface area contributed by atoms with Crippen LogP contribution in [-0.2, 0) is 4.74 Å². The quantitative estimate of drug-likeness (QED) is 0.328. The predicted octanol–water partition coefficient (Wildman–Crippen LogP) is 4.05. The summed E-state index contributed by atoms with van der Waals surface area (Å²) >= 11 is 1.02. The molecule has 3 aromatic heterocycles. The lowest BCUT2D eigenvalue weighted by Gasteiger charge is -2.22. The summed E-state index contributed by atoms with van der Waals surface area (Å²) in [7, 11) is 0. The molecule has 5 rings (SSSR count). The molecule has 0 fully saturated rings. The summed E-state index contributed by atoms with van der Waals surface area (Å²) in [4.78, 5) is 49.7. The standard InChI is InChI=1S/C24H17N3O5S/c1-3-11-31-23(30)21-13(2)26-24(33-21)27-18(14-7-6-10-25-12-14)17-19(28)15-8-4-5-9-16(15)32-20(17)22(27)29/h3-10,12,18H,1,11H2,2H3. The van der Waals surface area contributed by atoms with Crippen LogP contribution in [0.15, 0.2) is 70.7 Å². The van der Waals surface area contributed by atoms with Crippen molar-refractivity contribution in [1.29, 1.82) is 0 Å². The van der Waals surface area contributed by atoms with E-state index in [0.717, 1.165) is 11.3 Å². The molecule has 1 aliphatic heterocycles. The molecule has 0 radical (unpaired) electrons. The molecule has 0 aliphatic carbocycles. The molecule has 4 aromatic rings. The fourth-order valence-electron chi connectivity index (χ4n) is 3.84. The summed E-state index contributed by atoms with van der Waals surface area (Å²) in [6.07, 6.45) is 4.67. The Morgan fingerprint density at radius 2 is 2.09 bits per heavy atom. The Morgan fingerprint density at radius 3 is 2.85 bits per heavy atom. The second-order valence-corrected chi connectivity index (χ2v) is 8.31. The van der Waals surface area contributed by atoms with Gasteiger partial charge in [-0.1, -0.05) is 42.2 Å². The van der Waals surface area contributed by atoms with E-state index in [1.807, 2.05) is 0 Å². The third-order valence-corrected chi connectivity index (χ3v) is 6.42. The molecule has 1 unspecified atom stereocenters. The number of benzene rings is 1. The van der Waals surface area contributed by atoms with Gasteiger partial charge in [-0.2, -0.15) is 0 Å². The Kier molecular flexibility index (Phi) is 5.10. The van der Waals surface area contributed by atoms with Crippen molar-refractivity contribution in [1.82, 2.24) is 9.97 Å². The number of carbonyl (C=O) groups is 2. The zero-order chi connectivity index (χ0) is 23.1. The van der Waals surface area contributed by atoms with Gasteiger partial charge < -0.3 is 9.15 Å². The number of pyridine rings is 1. The number of hydrogen-bond donors (Lipinski definition) is 0. The number of aromatic nitrogens is 2. The van der Waals surface area contributed by atoms with Crippen LogP contribution in [0.25, 0.3) is 11.0 Å². The summed E-state index contributed by atoms with van der Waals surface area (Å²) in [5, 5.41) is 0.635. The summed E-state index contributed by atoms with van der Waals surface area (Å²) < 4.78 is 11.0. The highest BCUT2D eigenvalue weighted by Gasteiger charge is 2.45. The summed E-state index contributed by atoms with van der Waals surface area (Å²) in [6, 6.07) is 9.49. The Morgan fingerprint density at radius 1 is 1.27 bits per heavy atom. The summed E-state index contributed by atoms with van der Waals surface area (Å²) in [5.41, 5.74) is 1.29. The van der Waals surface area contributed by atoms with Crippen LogP contribution in [0.4, 0.5) is 5.13 Å². The zero-order valence-electron chi connectivity index (χ0n) is 17.5. The molecule has 9 heteroatoms. The number of esters is 1. The van der Waals surface area contributed by atoms with E-state index in [1.54, 1.807) is 55.7 Å². The molecule has 0 saturated heterocycles. The molecular weight excluding hydrogens is 442 g/mol. The SMILES string of the molecule is C=CCOC(=O)c1sc(N2C(=O)c3oc4ccccc4c(=O)c3C2c2cccnc2)nc1C. The number of rotatable bonds is 5. The second-order valence-electron chi connectivity index (χ2n) is 7.33. The molecular formula is C24H17N3O5S. The number of thiazole rings is 1.